The Kier molecular flexibility index (Phi) is 5.10. The Morgan fingerprint density at radius 3 is 2.78 bits per heavy atom. The molecule has 0 aliphatic carbocycles. The van der Waals surface area contributed by atoms with Gasteiger partial charge < -0.3 is 19.9 Å². The Bertz CT molecular complexity index is 1180. The van der Waals surface area contributed by atoms with E-state index >= 15 is 0 Å². The normalized spacial score (nSPS) is 24.3. The minimum absolute atomic E-state index is 0.0449. The maximum Gasteiger partial charge on any atom is 0.198 e. The van der Waals surface area contributed by atoms with Crippen molar-refractivity contribution in [2.75, 3.05) is 26.2 Å². The van der Waals surface area contributed by atoms with Crippen LogP contribution in [-0.2, 0) is 16.9 Å². The van der Waals surface area contributed by atoms with Crippen LogP contribution in [0.5, 0.6) is 0 Å². The highest BCUT2D eigenvalue weighted by Gasteiger charge is 2.48. The molecule has 2 aromatic carbocycles. The molecule has 4 heterocycles. The predicted molar refractivity (Wildman–Crippen MR) is 126 cm³/mol. The monoisotopic (exact) mass is 449 g/mol. The molecule has 1 aromatic heterocycles. The van der Waals surface area contributed by atoms with Gasteiger partial charge in [0.05, 0.1) is 11.1 Å². The van der Waals surface area contributed by atoms with Crippen molar-refractivity contribution < 1.29 is 9.53 Å². The van der Waals surface area contributed by atoms with Gasteiger partial charge >= 0.3 is 0 Å². The highest BCUT2D eigenvalue weighted by Crippen LogP contribution is 2.49. The number of halogens is 1. The molecule has 1 unspecified atom stereocenters. The molecular weight excluding hydrogens is 422 g/mol. The number of carbonyl (C=O) groups is 1. The second kappa shape index (κ2) is 7.99. The number of ether oxygens (including phenoxy) is 1. The topological polar surface area (TPSA) is 55.3 Å². The molecule has 3 aromatic rings. The molecule has 166 valence electrons. The van der Waals surface area contributed by atoms with E-state index in [1.54, 1.807) is 0 Å². The molecule has 0 amide bonds. The van der Waals surface area contributed by atoms with Crippen LogP contribution in [-0.4, -0.2) is 36.5 Å². The maximum absolute atomic E-state index is 14.0. The van der Waals surface area contributed by atoms with E-state index in [9.17, 15) is 4.79 Å². The van der Waals surface area contributed by atoms with Crippen LogP contribution in [0.25, 0.3) is 10.9 Å². The lowest BCUT2D eigenvalue weighted by atomic mass is 9.84. The number of Topliss-reactive ketones (excluding diaryl/α,β-unsaturated/α-hetero) is 1. The van der Waals surface area contributed by atoms with Crippen molar-refractivity contribution in [3.8, 4) is 0 Å². The Hall–Kier alpha value is -2.18. The third kappa shape index (κ3) is 3.30. The number of aromatic nitrogens is 1. The first-order chi connectivity index (χ1) is 15.6. The van der Waals surface area contributed by atoms with Crippen LogP contribution in [0.1, 0.15) is 46.9 Å². The number of fused-ring (bicyclic) bond motifs is 3. The number of benzene rings is 2. The number of hydrogen-bond acceptors (Lipinski definition) is 4. The molecule has 6 rings (SSSR count). The van der Waals surface area contributed by atoms with Gasteiger partial charge in [-0.05, 0) is 74.6 Å². The molecule has 2 saturated heterocycles. The Morgan fingerprint density at radius 1 is 1.12 bits per heavy atom. The summed E-state index contributed by atoms with van der Waals surface area (Å²) in [6, 6.07) is 14.1. The second-order valence-electron chi connectivity index (χ2n) is 9.41. The van der Waals surface area contributed by atoms with E-state index < -0.39 is 6.10 Å². The molecule has 5 nitrogen and oxygen atoms in total. The molecule has 3 aliphatic rings. The molecule has 0 bridgehead atoms. The average molecular weight is 450 g/mol. The number of ketones is 1. The summed E-state index contributed by atoms with van der Waals surface area (Å²) in [5, 5.41) is 8.51. The van der Waals surface area contributed by atoms with Crippen LogP contribution in [0.3, 0.4) is 0 Å². The highest BCUT2D eigenvalue weighted by molar-refractivity contribution is 6.31. The molecule has 0 radical (unpaired) electrons. The molecule has 3 aliphatic heterocycles. The van der Waals surface area contributed by atoms with Crippen LogP contribution in [0.2, 0.25) is 5.02 Å². The molecular formula is C26H28ClN3O2. The quantitative estimate of drug-likeness (QED) is 0.578. The summed E-state index contributed by atoms with van der Waals surface area (Å²) in [5.41, 5.74) is 3.60. The summed E-state index contributed by atoms with van der Waals surface area (Å²) in [7, 11) is 0. The van der Waals surface area contributed by atoms with Gasteiger partial charge in [0, 0.05) is 28.7 Å². The number of hydrogen-bond donors (Lipinski definition) is 2. The Balaban J connectivity index is 1.41. The van der Waals surface area contributed by atoms with Gasteiger partial charge in [0.15, 0.2) is 5.78 Å². The smallest absolute Gasteiger partial charge is 0.198 e. The van der Waals surface area contributed by atoms with Gasteiger partial charge in [0.25, 0.3) is 0 Å². The molecule has 32 heavy (non-hydrogen) atoms. The number of rotatable bonds is 4. The van der Waals surface area contributed by atoms with Crippen molar-refractivity contribution in [2.24, 2.45) is 5.92 Å². The number of piperidine rings is 1. The van der Waals surface area contributed by atoms with Gasteiger partial charge in [-0.25, -0.2) is 0 Å². The largest absolute Gasteiger partial charge is 0.354 e. The summed E-state index contributed by atoms with van der Waals surface area (Å²) in [4.78, 5) is 14.0. The molecule has 1 spiro atoms. The second-order valence-corrected chi connectivity index (χ2v) is 9.85. The van der Waals surface area contributed by atoms with Crippen molar-refractivity contribution in [3.05, 3.63) is 70.4 Å². The fraction of sp³-hybridized carbons (Fsp3) is 0.423. The predicted octanol–water partition coefficient (Wildman–Crippen LogP) is 4.44. The van der Waals surface area contributed by atoms with E-state index in [4.69, 9.17) is 16.3 Å². The number of nitrogens with zero attached hydrogens (tertiary/aromatic N) is 1. The fourth-order valence-corrected chi connectivity index (χ4v) is 5.97. The lowest BCUT2D eigenvalue weighted by Gasteiger charge is -2.34. The Labute approximate surface area is 193 Å². The standard InChI is InChI=1S/C26H28ClN3O2/c27-18-5-6-19-21(16-30(23(19)13-18)15-17-7-10-29-14-17)24(31)25-20-3-1-2-4-22(20)26(32-25)8-11-28-12-9-26/h1-6,13,16-17,25,28-29H,7-12,14-15H2/t17?,25-/m1/s1. The number of nitrogens with one attached hydrogen (secondary N) is 2. The highest BCUT2D eigenvalue weighted by atomic mass is 35.5. The zero-order valence-corrected chi connectivity index (χ0v) is 18.8. The van der Waals surface area contributed by atoms with Crippen LogP contribution >= 0.6 is 11.6 Å². The zero-order chi connectivity index (χ0) is 21.7. The van der Waals surface area contributed by atoms with Crippen molar-refractivity contribution in [2.45, 2.75) is 37.5 Å². The van der Waals surface area contributed by atoms with E-state index in [1.807, 2.05) is 30.5 Å². The third-order valence-electron chi connectivity index (χ3n) is 7.45. The van der Waals surface area contributed by atoms with Gasteiger partial charge in [-0.1, -0.05) is 41.9 Å². The zero-order valence-electron chi connectivity index (χ0n) is 18.1. The molecule has 2 N–H and O–H groups in total. The van der Waals surface area contributed by atoms with Crippen molar-refractivity contribution in [1.82, 2.24) is 15.2 Å². The van der Waals surface area contributed by atoms with E-state index in [2.05, 4.69) is 33.4 Å². The van der Waals surface area contributed by atoms with Crippen LogP contribution in [0.4, 0.5) is 0 Å². The number of carbonyl (C=O) groups excluding carboxylic acids is 1. The summed E-state index contributed by atoms with van der Waals surface area (Å²) in [5.74, 6) is 0.609. The molecule has 2 atom stereocenters. The van der Waals surface area contributed by atoms with E-state index in [0.29, 0.717) is 10.9 Å². The lowest BCUT2D eigenvalue weighted by molar-refractivity contribution is -0.0805. The van der Waals surface area contributed by atoms with Crippen LogP contribution < -0.4 is 10.6 Å². The van der Waals surface area contributed by atoms with Crippen molar-refractivity contribution in [3.63, 3.8) is 0 Å². The fourth-order valence-electron chi connectivity index (χ4n) is 5.81. The van der Waals surface area contributed by atoms with Crippen LogP contribution in [0, 0.1) is 5.92 Å². The Morgan fingerprint density at radius 2 is 1.97 bits per heavy atom. The summed E-state index contributed by atoms with van der Waals surface area (Å²) < 4.78 is 8.87. The van der Waals surface area contributed by atoms with Gasteiger partial charge in [-0.15, -0.1) is 0 Å². The van der Waals surface area contributed by atoms with Crippen molar-refractivity contribution >= 4 is 28.3 Å². The van der Waals surface area contributed by atoms with Gasteiger partial charge in [0.1, 0.15) is 6.10 Å². The average Bonchev–Trinajstić information content (AvgIpc) is 3.53. The first kappa shape index (κ1) is 20.4. The van der Waals surface area contributed by atoms with E-state index in [-0.39, 0.29) is 11.4 Å². The van der Waals surface area contributed by atoms with Gasteiger partial charge in [-0.2, -0.15) is 0 Å². The summed E-state index contributed by atoms with van der Waals surface area (Å²) in [6.45, 7) is 4.76. The van der Waals surface area contributed by atoms with Gasteiger partial charge in [-0.3, -0.25) is 4.79 Å². The van der Waals surface area contributed by atoms with Crippen LogP contribution in [0.15, 0.2) is 48.7 Å². The van der Waals surface area contributed by atoms with Crippen molar-refractivity contribution in [1.29, 1.82) is 0 Å². The SMILES string of the molecule is O=C(c1cn(CC2CCNC2)c2cc(Cl)ccc12)[C@@H]1OC2(CCNCC2)c2ccccc21. The lowest BCUT2D eigenvalue weighted by Crippen LogP contribution is -2.40. The molecule has 2 fully saturated rings. The summed E-state index contributed by atoms with van der Waals surface area (Å²) >= 11 is 6.35. The molecule has 6 heteroatoms. The third-order valence-corrected chi connectivity index (χ3v) is 7.69. The minimum atomic E-state index is -0.563. The first-order valence-electron chi connectivity index (χ1n) is 11.7. The minimum Gasteiger partial charge on any atom is -0.354 e. The molecule has 0 saturated carbocycles. The van der Waals surface area contributed by atoms with E-state index in [1.165, 1.54) is 5.56 Å². The maximum atomic E-state index is 14.0. The summed E-state index contributed by atoms with van der Waals surface area (Å²) in [6.07, 6.45) is 4.40. The van der Waals surface area contributed by atoms with Gasteiger partial charge in [0.2, 0.25) is 0 Å². The van der Waals surface area contributed by atoms with E-state index in [0.717, 1.165) is 74.0 Å². The first-order valence-corrected chi connectivity index (χ1v) is 12.0.